The second-order valence-corrected chi connectivity index (χ2v) is 9.44. The summed E-state index contributed by atoms with van der Waals surface area (Å²) in [7, 11) is -3.50. The Kier molecular flexibility index (Phi) is 5.12. The van der Waals surface area contributed by atoms with E-state index in [0.717, 1.165) is 28.9 Å². The summed E-state index contributed by atoms with van der Waals surface area (Å²) in [5.41, 5.74) is 3.11. The third-order valence-electron chi connectivity index (χ3n) is 5.45. The molecule has 0 saturated heterocycles. The topological polar surface area (TPSA) is 75.7 Å². The first-order valence-electron chi connectivity index (χ1n) is 9.56. The Labute approximate surface area is 165 Å². The van der Waals surface area contributed by atoms with Gasteiger partial charge in [-0.2, -0.15) is 4.31 Å². The minimum atomic E-state index is -3.50. The first-order valence-corrected chi connectivity index (χ1v) is 11.2. The molecule has 0 aliphatic carbocycles. The number of fused-ring (bicyclic) bond motifs is 2. The van der Waals surface area contributed by atoms with E-state index in [1.54, 1.807) is 6.92 Å². The van der Waals surface area contributed by atoms with Crippen LogP contribution in [0.4, 0.5) is 0 Å². The van der Waals surface area contributed by atoms with Gasteiger partial charge in [-0.15, -0.1) is 0 Å². The molecule has 2 heterocycles. The predicted octanol–water partition coefficient (Wildman–Crippen LogP) is 1.88. The monoisotopic (exact) mass is 400 g/mol. The van der Waals surface area contributed by atoms with Gasteiger partial charge in [-0.1, -0.05) is 42.5 Å². The SMILES string of the molecule is CCS(=O)(=O)N1Cc2ccccc2C[C@H]1C(=O)NC[C@@H]1Cc2ccccc2O1. The third kappa shape index (κ3) is 3.64. The summed E-state index contributed by atoms with van der Waals surface area (Å²) in [5.74, 6) is 0.551. The van der Waals surface area contributed by atoms with Gasteiger partial charge in [0, 0.05) is 13.0 Å². The molecule has 2 atom stereocenters. The highest BCUT2D eigenvalue weighted by Crippen LogP contribution is 2.28. The zero-order chi connectivity index (χ0) is 19.7. The molecule has 2 aromatic carbocycles. The fraction of sp³-hybridized carbons (Fsp3) is 0.381. The Balaban J connectivity index is 1.47. The van der Waals surface area contributed by atoms with E-state index < -0.39 is 16.1 Å². The highest BCUT2D eigenvalue weighted by molar-refractivity contribution is 7.89. The van der Waals surface area contributed by atoms with Crippen LogP contribution in [0.1, 0.15) is 23.6 Å². The number of ether oxygens (including phenoxy) is 1. The van der Waals surface area contributed by atoms with Crippen LogP contribution in [-0.2, 0) is 34.2 Å². The summed E-state index contributed by atoms with van der Waals surface area (Å²) in [5, 5.41) is 2.92. The number of amides is 1. The van der Waals surface area contributed by atoms with Crippen LogP contribution in [0.3, 0.4) is 0 Å². The number of rotatable bonds is 5. The van der Waals surface area contributed by atoms with E-state index in [0.29, 0.717) is 13.0 Å². The van der Waals surface area contributed by atoms with Crippen LogP contribution in [0.2, 0.25) is 0 Å². The van der Waals surface area contributed by atoms with Gasteiger partial charge in [0.05, 0.1) is 12.3 Å². The van der Waals surface area contributed by atoms with E-state index in [-0.39, 0.29) is 24.3 Å². The second-order valence-electron chi connectivity index (χ2n) is 7.23. The van der Waals surface area contributed by atoms with Gasteiger partial charge in [-0.05, 0) is 36.1 Å². The van der Waals surface area contributed by atoms with Crippen molar-refractivity contribution in [2.75, 3.05) is 12.3 Å². The van der Waals surface area contributed by atoms with Gasteiger partial charge in [0.2, 0.25) is 15.9 Å². The summed E-state index contributed by atoms with van der Waals surface area (Å²) >= 11 is 0. The molecule has 0 fully saturated rings. The maximum atomic E-state index is 12.9. The average Bonchev–Trinajstić information content (AvgIpc) is 3.14. The Morgan fingerprint density at radius 1 is 1.07 bits per heavy atom. The van der Waals surface area contributed by atoms with E-state index in [2.05, 4.69) is 5.32 Å². The van der Waals surface area contributed by atoms with Crippen LogP contribution in [0, 0.1) is 0 Å². The first kappa shape index (κ1) is 19.0. The minimum Gasteiger partial charge on any atom is -0.488 e. The molecule has 2 aromatic rings. The minimum absolute atomic E-state index is 0.0278. The molecule has 28 heavy (non-hydrogen) atoms. The van der Waals surface area contributed by atoms with Crippen molar-refractivity contribution < 1.29 is 17.9 Å². The molecule has 0 aromatic heterocycles. The van der Waals surface area contributed by atoms with Crippen LogP contribution < -0.4 is 10.1 Å². The number of nitrogens with one attached hydrogen (secondary N) is 1. The maximum absolute atomic E-state index is 12.9. The Morgan fingerprint density at radius 2 is 1.75 bits per heavy atom. The van der Waals surface area contributed by atoms with Crippen molar-refractivity contribution in [1.29, 1.82) is 0 Å². The van der Waals surface area contributed by atoms with Crippen molar-refractivity contribution in [3.8, 4) is 5.75 Å². The number of hydrogen-bond acceptors (Lipinski definition) is 4. The lowest BCUT2D eigenvalue weighted by molar-refractivity contribution is -0.125. The molecule has 0 spiro atoms. The highest BCUT2D eigenvalue weighted by Gasteiger charge is 2.38. The largest absolute Gasteiger partial charge is 0.488 e. The average molecular weight is 401 g/mol. The highest BCUT2D eigenvalue weighted by atomic mass is 32.2. The van der Waals surface area contributed by atoms with Crippen LogP contribution >= 0.6 is 0 Å². The lowest BCUT2D eigenvalue weighted by Crippen LogP contribution is -2.53. The molecule has 2 aliphatic heterocycles. The zero-order valence-electron chi connectivity index (χ0n) is 15.8. The van der Waals surface area contributed by atoms with Gasteiger partial charge < -0.3 is 10.1 Å². The summed E-state index contributed by atoms with van der Waals surface area (Å²) < 4.78 is 32.4. The Hall–Kier alpha value is -2.38. The van der Waals surface area contributed by atoms with Crippen LogP contribution in [0.5, 0.6) is 5.75 Å². The zero-order valence-corrected chi connectivity index (χ0v) is 16.6. The summed E-state index contributed by atoms with van der Waals surface area (Å²) in [6, 6.07) is 14.8. The van der Waals surface area contributed by atoms with Crippen molar-refractivity contribution in [2.45, 2.75) is 38.5 Å². The summed E-state index contributed by atoms with van der Waals surface area (Å²) in [6.45, 7) is 2.19. The van der Waals surface area contributed by atoms with E-state index >= 15 is 0 Å². The van der Waals surface area contributed by atoms with E-state index in [1.165, 1.54) is 4.31 Å². The van der Waals surface area contributed by atoms with Gasteiger partial charge in [-0.25, -0.2) is 8.42 Å². The van der Waals surface area contributed by atoms with Gasteiger partial charge >= 0.3 is 0 Å². The second kappa shape index (κ2) is 7.56. The molecule has 0 radical (unpaired) electrons. The lowest BCUT2D eigenvalue weighted by Gasteiger charge is -2.35. The lowest BCUT2D eigenvalue weighted by atomic mass is 9.95. The van der Waals surface area contributed by atoms with Gasteiger partial charge in [-0.3, -0.25) is 4.79 Å². The van der Waals surface area contributed by atoms with E-state index in [1.807, 2.05) is 48.5 Å². The van der Waals surface area contributed by atoms with Crippen molar-refractivity contribution in [3.05, 3.63) is 65.2 Å². The van der Waals surface area contributed by atoms with Gasteiger partial charge in [0.15, 0.2) is 0 Å². The van der Waals surface area contributed by atoms with Crippen LogP contribution in [0.15, 0.2) is 48.5 Å². The molecular weight excluding hydrogens is 376 g/mol. The molecule has 7 heteroatoms. The van der Waals surface area contributed by atoms with Crippen LogP contribution in [-0.4, -0.2) is 43.1 Å². The number of hydrogen-bond donors (Lipinski definition) is 1. The van der Waals surface area contributed by atoms with E-state index in [9.17, 15) is 13.2 Å². The maximum Gasteiger partial charge on any atom is 0.238 e. The number of sulfonamides is 1. The predicted molar refractivity (Wildman–Crippen MR) is 107 cm³/mol. The van der Waals surface area contributed by atoms with Crippen molar-refractivity contribution in [2.24, 2.45) is 0 Å². The molecule has 4 rings (SSSR count). The van der Waals surface area contributed by atoms with E-state index in [4.69, 9.17) is 4.74 Å². The molecule has 0 saturated carbocycles. The number of para-hydroxylation sites is 1. The summed E-state index contributed by atoms with van der Waals surface area (Å²) in [4.78, 5) is 12.9. The first-order chi connectivity index (χ1) is 13.5. The molecule has 1 N–H and O–H groups in total. The molecule has 2 aliphatic rings. The number of carbonyl (C=O) groups excluding carboxylic acids is 1. The van der Waals surface area contributed by atoms with Crippen molar-refractivity contribution in [3.63, 3.8) is 0 Å². The van der Waals surface area contributed by atoms with Gasteiger partial charge in [0.1, 0.15) is 17.9 Å². The molecule has 0 bridgehead atoms. The van der Waals surface area contributed by atoms with Gasteiger partial charge in [0.25, 0.3) is 0 Å². The number of nitrogens with zero attached hydrogens (tertiary/aromatic N) is 1. The molecule has 0 unspecified atom stereocenters. The normalized spacial score (nSPS) is 21.5. The van der Waals surface area contributed by atoms with Crippen molar-refractivity contribution >= 4 is 15.9 Å². The smallest absolute Gasteiger partial charge is 0.238 e. The molecule has 6 nitrogen and oxygen atoms in total. The summed E-state index contributed by atoms with van der Waals surface area (Å²) in [6.07, 6.45) is 0.988. The number of benzene rings is 2. The molecule has 148 valence electrons. The Bertz CT molecular complexity index is 964. The third-order valence-corrected chi connectivity index (χ3v) is 7.28. The Morgan fingerprint density at radius 3 is 2.46 bits per heavy atom. The molecular formula is C21H24N2O4S. The van der Waals surface area contributed by atoms with Crippen molar-refractivity contribution in [1.82, 2.24) is 9.62 Å². The standard InChI is InChI=1S/C21H24N2O4S/c1-2-28(25,26)23-14-17-9-4-3-7-15(17)12-19(23)21(24)22-13-18-11-16-8-5-6-10-20(16)27-18/h3-10,18-19H,2,11-14H2,1H3,(H,22,24)/t18-,19-/m0/s1. The van der Waals surface area contributed by atoms with Crippen LogP contribution in [0.25, 0.3) is 0 Å². The molecule has 1 amide bonds. The quantitative estimate of drug-likeness (QED) is 0.832. The fourth-order valence-corrected chi connectivity index (χ4v) is 5.11. The number of carbonyl (C=O) groups is 1. The fourth-order valence-electron chi connectivity index (χ4n) is 3.88.